The number of sulfonamides is 1. The van der Waals surface area contributed by atoms with Gasteiger partial charge in [0.2, 0.25) is 15.9 Å². The highest BCUT2D eigenvalue weighted by atomic mass is 32.2. The molecule has 0 aliphatic carbocycles. The van der Waals surface area contributed by atoms with Crippen LogP contribution >= 0.6 is 0 Å². The molecule has 1 aromatic rings. The molecule has 0 atom stereocenters. The molecule has 1 amide bonds. The quantitative estimate of drug-likeness (QED) is 0.632. The van der Waals surface area contributed by atoms with E-state index < -0.39 is 10.0 Å². The van der Waals surface area contributed by atoms with Crippen LogP contribution in [0.25, 0.3) is 5.57 Å². The van der Waals surface area contributed by atoms with Gasteiger partial charge in [-0.05, 0) is 31.8 Å². The third-order valence-electron chi connectivity index (χ3n) is 6.12. The first-order valence-electron chi connectivity index (χ1n) is 10.6. The van der Waals surface area contributed by atoms with Crippen molar-refractivity contribution in [3.8, 4) is 17.2 Å². The molecule has 0 unspecified atom stereocenters. The minimum atomic E-state index is -3.19. The van der Waals surface area contributed by atoms with Crippen LogP contribution in [-0.2, 0) is 14.8 Å². The first kappa shape index (κ1) is 23.4. The Morgan fingerprint density at radius 2 is 1.65 bits per heavy atom. The van der Waals surface area contributed by atoms with Crippen LogP contribution in [0.5, 0.6) is 17.2 Å². The Morgan fingerprint density at radius 1 is 1.03 bits per heavy atom. The number of nitrogens with zero attached hydrogens (tertiary/aromatic N) is 2. The van der Waals surface area contributed by atoms with Crippen molar-refractivity contribution in [2.45, 2.75) is 26.2 Å². The maximum Gasteiger partial charge on any atom is 0.226 e. The lowest BCUT2D eigenvalue weighted by atomic mass is 9.93. The van der Waals surface area contributed by atoms with Crippen molar-refractivity contribution < 1.29 is 27.4 Å². The Bertz CT molecular complexity index is 910. The molecule has 0 bridgehead atoms. The molecule has 9 heteroatoms. The van der Waals surface area contributed by atoms with Crippen LogP contribution in [0, 0.1) is 5.92 Å². The summed E-state index contributed by atoms with van der Waals surface area (Å²) >= 11 is 0. The molecule has 3 rings (SSSR count). The average molecular weight is 453 g/mol. The number of amides is 1. The molecule has 2 aliphatic rings. The monoisotopic (exact) mass is 452 g/mol. The van der Waals surface area contributed by atoms with Gasteiger partial charge >= 0.3 is 0 Å². The Labute approximate surface area is 184 Å². The Balaban J connectivity index is 1.69. The largest absolute Gasteiger partial charge is 0.496 e. The lowest BCUT2D eigenvalue weighted by Crippen LogP contribution is -2.45. The molecule has 0 spiro atoms. The van der Waals surface area contributed by atoms with Crippen molar-refractivity contribution in [3.63, 3.8) is 0 Å². The summed E-state index contributed by atoms with van der Waals surface area (Å²) < 4.78 is 42.0. The molecule has 8 nitrogen and oxygen atoms in total. The van der Waals surface area contributed by atoms with E-state index in [9.17, 15) is 13.2 Å². The summed E-state index contributed by atoms with van der Waals surface area (Å²) in [7, 11) is 1.64. The first-order valence-corrected chi connectivity index (χ1v) is 12.2. The Kier molecular flexibility index (Phi) is 7.48. The number of ether oxygens (including phenoxy) is 3. The van der Waals surface area contributed by atoms with Gasteiger partial charge in [0.05, 0.1) is 32.6 Å². The number of hydrogen-bond donors (Lipinski definition) is 0. The van der Waals surface area contributed by atoms with Gasteiger partial charge in [-0.25, -0.2) is 12.7 Å². The molecule has 0 radical (unpaired) electrons. The maximum atomic E-state index is 13.0. The van der Waals surface area contributed by atoms with Crippen molar-refractivity contribution in [2.75, 3.05) is 53.3 Å². The molecule has 2 heterocycles. The fourth-order valence-electron chi connectivity index (χ4n) is 4.24. The summed E-state index contributed by atoms with van der Waals surface area (Å²) in [6, 6.07) is 3.66. The molecule has 0 aromatic heterocycles. The van der Waals surface area contributed by atoms with E-state index >= 15 is 0 Å². The highest BCUT2D eigenvalue weighted by molar-refractivity contribution is 7.89. The zero-order chi connectivity index (χ0) is 22.6. The second kappa shape index (κ2) is 9.91. The van der Waals surface area contributed by atoms with E-state index in [0.29, 0.717) is 62.7 Å². The molecule has 0 saturated carbocycles. The Hall–Kier alpha value is -2.26. The number of methoxy groups -OCH3 is 3. The van der Waals surface area contributed by atoms with E-state index in [1.54, 1.807) is 28.3 Å². The molecule has 1 aromatic carbocycles. The van der Waals surface area contributed by atoms with Crippen LogP contribution < -0.4 is 14.2 Å². The van der Waals surface area contributed by atoms with Crippen LogP contribution in [-0.4, -0.2) is 76.8 Å². The standard InChI is InChI=1S/C22H32N2O6S/c1-5-31(26,27)24-12-8-17(9-13-24)22(25)23-10-6-16(7-11-23)21-19(29-3)14-18(28-2)15-20(21)30-4/h6,14-15,17H,5,7-13H2,1-4H3. The number of carbonyl (C=O) groups is 1. The topological polar surface area (TPSA) is 85.4 Å². The molecule has 0 N–H and O–H groups in total. The zero-order valence-corrected chi connectivity index (χ0v) is 19.5. The van der Waals surface area contributed by atoms with Crippen molar-refractivity contribution >= 4 is 21.5 Å². The number of piperidine rings is 1. The summed E-state index contributed by atoms with van der Waals surface area (Å²) in [6.45, 7) is 3.61. The molecular weight excluding hydrogens is 420 g/mol. The Morgan fingerprint density at radius 3 is 2.10 bits per heavy atom. The van der Waals surface area contributed by atoms with Crippen LogP contribution in [0.4, 0.5) is 0 Å². The maximum absolute atomic E-state index is 13.0. The molecule has 31 heavy (non-hydrogen) atoms. The molecular formula is C22H32N2O6S. The van der Waals surface area contributed by atoms with Gasteiger partial charge in [-0.2, -0.15) is 0 Å². The van der Waals surface area contributed by atoms with Gasteiger partial charge in [0.15, 0.2) is 0 Å². The normalized spacial score (nSPS) is 18.5. The van der Waals surface area contributed by atoms with Crippen LogP contribution in [0.15, 0.2) is 18.2 Å². The summed E-state index contributed by atoms with van der Waals surface area (Å²) in [5.74, 6) is 2.09. The van der Waals surface area contributed by atoms with E-state index in [0.717, 1.165) is 11.1 Å². The molecule has 1 saturated heterocycles. The first-order chi connectivity index (χ1) is 14.8. The smallest absolute Gasteiger partial charge is 0.226 e. The third-order valence-corrected chi connectivity index (χ3v) is 8.00. The average Bonchev–Trinajstić information content (AvgIpc) is 2.82. The van der Waals surface area contributed by atoms with Crippen LogP contribution in [0.3, 0.4) is 0 Å². The summed E-state index contributed by atoms with van der Waals surface area (Å²) in [5.41, 5.74) is 1.96. The highest BCUT2D eigenvalue weighted by Crippen LogP contribution is 2.41. The highest BCUT2D eigenvalue weighted by Gasteiger charge is 2.33. The molecule has 2 aliphatic heterocycles. The second-order valence-corrected chi connectivity index (χ2v) is 10.0. The number of carbonyl (C=O) groups excluding carboxylic acids is 1. The summed E-state index contributed by atoms with van der Waals surface area (Å²) in [5, 5.41) is 0. The minimum Gasteiger partial charge on any atom is -0.496 e. The van der Waals surface area contributed by atoms with Crippen molar-refractivity contribution in [3.05, 3.63) is 23.8 Å². The minimum absolute atomic E-state index is 0.101. The zero-order valence-electron chi connectivity index (χ0n) is 18.7. The third kappa shape index (κ3) is 4.98. The van der Waals surface area contributed by atoms with Gasteiger partial charge < -0.3 is 19.1 Å². The van der Waals surface area contributed by atoms with E-state index in [1.165, 1.54) is 4.31 Å². The molecule has 172 valence electrons. The van der Waals surface area contributed by atoms with E-state index in [1.807, 2.05) is 23.1 Å². The number of benzene rings is 1. The van der Waals surface area contributed by atoms with Crippen molar-refractivity contribution in [1.82, 2.24) is 9.21 Å². The van der Waals surface area contributed by atoms with Gasteiger partial charge in [0.1, 0.15) is 17.2 Å². The summed E-state index contributed by atoms with van der Waals surface area (Å²) in [6.07, 6.45) is 3.88. The summed E-state index contributed by atoms with van der Waals surface area (Å²) in [4.78, 5) is 14.9. The van der Waals surface area contributed by atoms with Crippen molar-refractivity contribution in [2.24, 2.45) is 5.92 Å². The van der Waals surface area contributed by atoms with Gasteiger partial charge in [0.25, 0.3) is 0 Å². The van der Waals surface area contributed by atoms with Crippen LogP contribution in [0.1, 0.15) is 31.7 Å². The van der Waals surface area contributed by atoms with Gasteiger partial charge in [-0.3, -0.25) is 4.79 Å². The SMILES string of the molecule is CCS(=O)(=O)N1CCC(C(=O)N2CC=C(c3c(OC)cc(OC)cc3OC)CC2)CC1. The lowest BCUT2D eigenvalue weighted by Gasteiger charge is -2.35. The van der Waals surface area contributed by atoms with Gasteiger partial charge in [-0.1, -0.05) is 6.08 Å². The van der Waals surface area contributed by atoms with Gasteiger partial charge in [-0.15, -0.1) is 0 Å². The number of hydrogen-bond acceptors (Lipinski definition) is 6. The fourth-order valence-corrected chi connectivity index (χ4v) is 5.37. The molecule has 1 fully saturated rings. The van der Waals surface area contributed by atoms with Gasteiger partial charge in [0, 0.05) is 44.2 Å². The predicted molar refractivity (Wildman–Crippen MR) is 119 cm³/mol. The van der Waals surface area contributed by atoms with Crippen LogP contribution in [0.2, 0.25) is 0 Å². The lowest BCUT2D eigenvalue weighted by molar-refractivity contribution is -0.136. The van der Waals surface area contributed by atoms with E-state index in [-0.39, 0.29) is 17.6 Å². The van der Waals surface area contributed by atoms with E-state index in [2.05, 4.69) is 0 Å². The predicted octanol–water partition coefficient (Wildman–Crippen LogP) is 2.39. The van der Waals surface area contributed by atoms with Crippen molar-refractivity contribution in [1.29, 1.82) is 0 Å². The van der Waals surface area contributed by atoms with E-state index in [4.69, 9.17) is 14.2 Å². The fraction of sp³-hybridized carbons (Fsp3) is 0.591. The number of rotatable bonds is 7. The second-order valence-electron chi connectivity index (χ2n) is 7.74.